The van der Waals surface area contributed by atoms with Gasteiger partial charge in [0.05, 0.1) is 10.9 Å². The number of nitrogens with zero attached hydrogens (tertiary/aromatic N) is 3. The molecule has 3 aromatic rings. The molecule has 3 rings (SSSR count). The molecule has 0 bridgehead atoms. The summed E-state index contributed by atoms with van der Waals surface area (Å²) in [6.07, 6.45) is 3.69. The van der Waals surface area contributed by atoms with Crippen molar-refractivity contribution in [2.24, 2.45) is 0 Å². The summed E-state index contributed by atoms with van der Waals surface area (Å²) >= 11 is 0. The Morgan fingerprint density at radius 1 is 1.21 bits per heavy atom. The molecule has 5 heteroatoms. The Bertz CT molecular complexity index is 772. The molecule has 1 aromatic carbocycles. The van der Waals surface area contributed by atoms with Crippen LogP contribution in [0.15, 0.2) is 47.5 Å². The van der Waals surface area contributed by atoms with Crippen molar-refractivity contribution in [3.05, 3.63) is 53.1 Å². The SMILES string of the molecule is CN(C)c1ccc2nc(-n3cccc3)[nH]c(=O)c2c1. The molecule has 96 valence electrons. The number of aromatic nitrogens is 3. The number of aromatic amines is 1. The zero-order chi connectivity index (χ0) is 13.4. The Kier molecular flexibility index (Phi) is 2.59. The minimum atomic E-state index is -0.127. The maximum Gasteiger partial charge on any atom is 0.260 e. The van der Waals surface area contributed by atoms with Crippen LogP contribution in [0.5, 0.6) is 0 Å². The third-order valence-electron chi connectivity index (χ3n) is 3.04. The summed E-state index contributed by atoms with van der Waals surface area (Å²) in [6, 6.07) is 9.44. The average Bonchev–Trinajstić information content (AvgIpc) is 2.92. The van der Waals surface area contributed by atoms with Crippen LogP contribution in [0.4, 0.5) is 5.69 Å². The first-order valence-electron chi connectivity index (χ1n) is 6.00. The first-order chi connectivity index (χ1) is 9.15. The van der Waals surface area contributed by atoms with Crippen LogP contribution >= 0.6 is 0 Å². The zero-order valence-corrected chi connectivity index (χ0v) is 10.8. The molecule has 0 radical (unpaired) electrons. The second-order valence-corrected chi connectivity index (χ2v) is 4.58. The van der Waals surface area contributed by atoms with Crippen molar-refractivity contribution < 1.29 is 0 Å². The van der Waals surface area contributed by atoms with Gasteiger partial charge in [0.2, 0.25) is 5.95 Å². The van der Waals surface area contributed by atoms with Gasteiger partial charge in [0, 0.05) is 32.2 Å². The molecule has 0 aliphatic carbocycles. The van der Waals surface area contributed by atoms with Crippen molar-refractivity contribution in [3.63, 3.8) is 0 Å². The van der Waals surface area contributed by atoms with Gasteiger partial charge in [0.1, 0.15) is 0 Å². The summed E-state index contributed by atoms with van der Waals surface area (Å²) in [6.45, 7) is 0. The number of hydrogen-bond donors (Lipinski definition) is 1. The Labute approximate surface area is 110 Å². The minimum absolute atomic E-state index is 0.127. The van der Waals surface area contributed by atoms with Crippen molar-refractivity contribution in [2.45, 2.75) is 0 Å². The van der Waals surface area contributed by atoms with Gasteiger partial charge in [-0.2, -0.15) is 0 Å². The van der Waals surface area contributed by atoms with Gasteiger partial charge in [0.25, 0.3) is 5.56 Å². The topological polar surface area (TPSA) is 53.9 Å². The lowest BCUT2D eigenvalue weighted by Gasteiger charge is -2.12. The lowest BCUT2D eigenvalue weighted by Crippen LogP contribution is -2.14. The molecule has 2 aromatic heterocycles. The predicted molar refractivity (Wildman–Crippen MR) is 76.0 cm³/mol. The van der Waals surface area contributed by atoms with Gasteiger partial charge in [-0.1, -0.05) is 0 Å². The molecule has 0 amide bonds. The Hall–Kier alpha value is -2.56. The molecule has 0 saturated heterocycles. The van der Waals surface area contributed by atoms with Crippen molar-refractivity contribution in [1.29, 1.82) is 0 Å². The highest BCUT2D eigenvalue weighted by Crippen LogP contribution is 2.17. The minimum Gasteiger partial charge on any atom is -0.378 e. The number of nitrogens with one attached hydrogen (secondary N) is 1. The van der Waals surface area contributed by atoms with Gasteiger partial charge in [-0.25, -0.2) is 4.98 Å². The lowest BCUT2D eigenvalue weighted by atomic mass is 10.2. The van der Waals surface area contributed by atoms with Gasteiger partial charge in [0.15, 0.2) is 0 Å². The molecule has 0 spiro atoms. The van der Waals surface area contributed by atoms with E-state index in [0.717, 1.165) is 5.69 Å². The van der Waals surface area contributed by atoms with Crippen LogP contribution in [0.3, 0.4) is 0 Å². The smallest absolute Gasteiger partial charge is 0.260 e. The average molecular weight is 254 g/mol. The van der Waals surface area contributed by atoms with Crippen LogP contribution in [-0.2, 0) is 0 Å². The molecule has 0 aliphatic heterocycles. The highest BCUT2D eigenvalue weighted by molar-refractivity contribution is 5.82. The molecular weight excluding hydrogens is 240 g/mol. The Morgan fingerprint density at radius 2 is 1.95 bits per heavy atom. The highest BCUT2D eigenvalue weighted by atomic mass is 16.1. The summed E-state index contributed by atoms with van der Waals surface area (Å²) in [5.74, 6) is 0.528. The fraction of sp³-hybridized carbons (Fsp3) is 0.143. The van der Waals surface area contributed by atoms with E-state index in [-0.39, 0.29) is 5.56 Å². The second kappa shape index (κ2) is 4.28. The molecule has 2 heterocycles. The molecular formula is C14H14N4O. The molecule has 19 heavy (non-hydrogen) atoms. The summed E-state index contributed by atoms with van der Waals surface area (Å²) in [4.78, 5) is 21.4. The van der Waals surface area contributed by atoms with Gasteiger partial charge < -0.3 is 4.90 Å². The second-order valence-electron chi connectivity index (χ2n) is 4.58. The van der Waals surface area contributed by atoms with E-state index in [4.69, 9.17) is 0 Å². The van der Waals surface area contributed by atoms with Gasteiger partial charge in [-0.15, -0.1) is 0 Å². The fourth-order valence-electron chi connectivity index (χ4n) is 1.99. The Balaban J connectivity index is 2.23. The van der Waals surface area contributed by atoms with Crippen molar-refractivity contribution >= 4 is 16.6 Å². The molecule has 0 fully saturated rings. The highest BCUT2D eigenvalue weighted by Gasteiger charge is 2.06. The zero-order valence-electron chi connectivity index (χ0n) is 10.8. The fourth-order valence-corrected chi connectivity index (χ4v) is 1.99. The third-order valence-corrected chi connectivity index (χ3v) is 3.04. The molecule has 5 nitrogen and oxygen atoms in total. The summed E-state index contributed by atoms with van der Waals surface area (Å²) < 4.78 is 1.78. The van der Waals surface area contributed by atoms with Crippen molar-refractivity contribution in [2.75, 3.05) is 19.0 Å². The predicted octanol–water partition coefficient (Wildman–Crippen LogP) is 1.78. The van der Waals surface area contributed by atoms with Crippen LogP contribution in [0, 0.1) is 0 Å². The first kappa shape index (κ1) is 11.5. The van der Waals surface area contributed by atoms with Gasteiger partial charge in [-0.05, 0) is 30.3 Å². The van der Waals surface area contributed by atoms with Crippen molar-refractivity contribution in [3.8, 4) is 5.95 Å². The summed E-state index contributed by atoms with van der Waals surface area (Å²) in [7, 11) is 3.88. The number of rotatable bonds is 2. The van der Waals surface area contributed by atoms with E-state index in [1.54, 1.807) is 4.57 Å². The maximum absolute atomic E-state index is 12.1. The monoisotopic (exact) mass is 254 g/mol. The van der Waals surface area contributed by atoms with Gasteiger partial charge >= 0.3 is 0 Å². The third kappa shape index (κ3) is 1.99. The lowest BCUT2D eigenvalue weighted by molar-refractivity contribution is 0.939. The van der Waals surface area contributed by atoms with E-state index in [1.807, 2.05) is 61.7 Å². The van der Waals surface area contributed by atoms with E-state index in [1.165, 1.54) is 0 Å². The molecule has 0 unspecified atom stereocenters. The quantitative estimate of drug-likeness (QED) is 0.758. The summed E-state index contributed by atoms with van der Waals surface area (Å²) in [5, 5.41) is 0.599. The van der Waals surface area contributed by atoms with Crippen LogP contribution in [-0.4, -0.2) is 28.6 Å². The van der Waals surface area contributed by atoms with Gasteiger partial charge in [-0.3, -0.25) is 14.3 Å². The van der Waals surface area contributed by atoms with Crippen LogP contribution in [0.1, 0.15) is 0 Å². The van der Waals surface area contributed by atoms with Crippen molar-refractivity contribution in [1.82, 2.24) is 14.5 Å². The number of benzene rings is 1. The first-order valence-corrected chi connectivity index (χ1v) is 6.00. The number of H-pyrrole nitrogens is 1. The molecule has 0 aliphatic rings. The van der Waals surface area contributed by atoms with E-state index < -0.39 is 0 Å². The molecule has 0 atom stereocenters. The summed E-state index contributed by atoms with van der Waals surface area (Å²) in [5.41, 5.74) is 1.55. The standard InChI is InChI=1S/C14H14N4O/c1-17(2)10-5-6-12-11(9-10)13(19)16-14(15-12)18-7-3-4-8-18/h3-9H,1-2H3,(H,15,16,19). The van der Waals surface area contributed by atoms with Crippen LogP contribution in [0.2, 0.25) is 0 Å². The molecule has 1 N–H and O–H groups in total. The van der Waals surface area contributed by atoms with E-state index in [9.17, 15) is 4.79 Å². The van der Waals surface area contributed by atoms with E-state index in [2.05, 4.69) is 9.97 Å². The largest absolute Gasteiger partial charge is 0.378 e. The molecule has 0 saturated carbocycles. The number of fused-ring (bicyclic) bond motifs is 1. The van der Waals surface area contributed by atoms with Crippen LogP contribution in [0.25, 0.3) is 16.9 Å². The number of hydrogen-bond acceptors (Lipinski definition) is 3. The van der Waals surface area contributed by atoms with Crippen LogP contribution < -0.4 is 10.5 Å². The van der Waals surface area contributed by atoms with E-state index in [0.29, 0.717) is 16.9 Å². The normalized spacial score (nSPS) is 10.8. The van der Waals surface area contributed by atoms with E-state index >= 15 is 0 Å². The maximum atomic E-state index is 12.1. The Morgan fingerprint density at radius 3 is 2.63 bits per heavy atom. The number of anilines is 1.